The maximum Gasteiger partial charge on any atom is 0.269 e. The minimum Gasteiger partial charge on any atom is -0.288 e. The van der Waals surface area contributed by atoms with Crippen LogP contribution in [0.2, 0.25) is 0 Å². The fraction of sp³-hybridized carbons (Fsp3) is 0. The van der Waals surface area contributed by atoms with E-state index in [4.69, 9.17) is 0 Å². The molecule has 0 aromatic heterocycles. The number of allylic oxidation sites excluding steroid dienone is 1. The van der Waals surface area contributed by atoms with Crippen LogP contribution in [0.1, 0.15) is 10.4 Å². The molecular formula is C15H11NO3S. The van der Waals surface area contributed by atoms with E-state index >= 15 is 0 Å². The molecule has 0 aliphatic rings. The van der Waals surface area contributed by atoms with Crippen molar-refractivity contribution in [1.29, 1.82) is 0 Å². The first-order valence-corrected chi connectivity index (χ1v) is 6.60. The summed E-state index contributed by atoms with van der Waals surface area (Å²) in [5.41, 5.74) is 0.598. The van der Waals surface area contributed by atoms with Gasteiger partial charge < -0.3 is 0 Å². The first kappa shape index (κ1) is 14.0. The predicted molar refractivity (Wildman–Crippen MR) is 78.9 cm³/mol. The minimum absolute atomic E-state index is 0.0225. The van der Waals surface area contributed by atoms with Crippen LogP contribution in [0.3, 0.4) is 0 Å². The average molecular weight is 285 g/mol. The molecule has 0 atom stereocenters. The Labute approximate surface area is 120 Å². The van der Waals surface area contributed by atoms with E-state index in [1.807, 2.05) is 6.07 Å². The first-order valence-electron chi connectivity index (χ1n) is 5.79. The number of hydrogen-bond acceptors (Lipinski definition) is 4. The van der Waals surface area contributed by atoms with E-state index in [1.54, 1.807) is 36.4 Å². The van der Waals surface area contributed by atoms with Gasteiger partial charge in [-0.1, -0.05) is 48.7 Å². The Kier molecular flexibility index (Phi) is 4.32. The number of carbonyl (C=O) groups is 1. The van der Waals surface area contributed by atoms with Gasteiger partial charge in [-0.3, -0.25) is 14.9 Å². The maximum atomic E-state index is 12.1. The molecule has 0 bridgehead atoms. The Bertz CT molecular complexity index is 651. The molecule has 0 saturated carbocycles. The Balaban J connectivity index is 2.08. The third-order valence-electron chi connectivity index (χ3n) is 2.58. The summed E-state index contributed by atoms with van der Waals surface area (Å²) in [6, 6.07) is 14.9. The van der Waals surface area contributed by atoms with Crippen LogP contribution in [0, 0.1) is 10.1 Å². The highest BCUT2D eigenvalue weighted by Gasteiger charge is 2.12. The third kappa shape index (κ3) is 3.33. The van der Waals surface area contributed by atoms with Crippen LogP contribution in [0.4, 0.5) is 5.69 Å². The predicted octanol–water partition coefficient (Wildman–Crippen LogP) is 4.08. The number of Topliss-reactive ketones (excluding diaryl/α,β-unsaturated/α-hetero) is 1. The van der Waals surface area contributed by atoms with Gasteiger partial charge in [-0.15, -0.1) is 0 Å². The summed E-state index contributed by atoms with van der Waals surface area (Å²) >= 11 is 1.20. The molecule has 0 radical (unpaired) electrons. The highest BCUT2D eigenvalue weighted by Crippen LogP contribution is 2.29. The fourth-order valence-electron chi connectivity index (χ4n) is 1.58. The van der Waals surface area contributed by atoms with Crippen molar-refractivity contribution in [3.63, 3.8) is 0 Å². The molecule has 2 aromatic carbocycles. The molecule has 0 heterocycles. The number of ketones is 1. The summed E-state index contributed by atoms with van der Waals surface area (Å²) in [5, 5.41) is 10.6. The molecule has 4 nitrogen and oxygen atoms in total. The summed E-state index contributed by atoms with van der Waals surface area (Å²) in [7, 11) is 0. The summed E-state index contributed by atoms with van der Waals surface area (Å²) in [4.78, 5) is 23.3. The number of hydrogen-bond donors (Lipinski definition) is 0. The molecule has 5 heteroatoms. The Morgan fingerprint density at radius 3 is 2.20 bits per heavy atom. The number of rotatable bonds is 5. The van der Waals surface area contributed by atoms with Crippen LogP contribution in [0.5, 0.6) is 0 Å². The first-order chi connectivity index (χ1) is 9.58. The van der Waals surface area contributed by atoms with Gasteiger partial charge in [0.1, 0.15) is 0 Å². The minimum atomic E-state index is -0.460. The second-order valence-corrected chi connectivity index (χ2v) is 5.14. The monoisotopic (exact) mass is 285 g/mol. The van der Waals surface area contributed by atoms with Gasteiger partial charge in [0, 0.05) is 22.6 Å². The van der Waals surface area contributed by atoms with Crippen LogP contribution in [0.15, 0.2) is 71.0 Å². The smallest absolute Gasteiger partial charge is 0.269 e. The molecular weight excluding hydrogens is 274 g/mol. The third-order valence-corrected chi connectivity index (χ3v) is 3.52. The lowest BCUT2D eigenvalue weighted by Crippen LogP contribution is -1.99. The molecule has 2 rings (SSSR count). The summed E-state index contributed by atoms with van der Waals surface area (Å²) in [5.74, 6) is -0.144. The van der Waals surface area contributed by atoms with Gasteiger partial charge in [-0.05, 0) is 12.1 Å². The summed E-state index contributed by atoms with van der Waals surface area (Å²) in [6.07, 6.45) is 0. The molecule has 0 unspecified atom stereocenters. The van der Waals surface area contributed by atoms with Crippen LogP contribution < -0.4 is 0 Å². The second kappa shape index (κ2) is 6.16. The molecule has 20 heavy (non-hydrogen) atoms. The number of carbonyl (C=O) groups excluding carboxylic acids is 1. The number of nitro benzene ring substituents is 1. The largest absolute Gasteiger partial charge is 0.288 e. The highest BCUT2D eigenvalue weighted by molar-refractivity contribution is 8.04. The van der Waals surface area contributed by atoms with Crippen LogP contribution in [0.25, 0.3) is 0 Å². The normalized spacial score (nSPS) is 10.0. The molecule has 2 aromatic rings. The van der Waals surface area contributed by atoms with Crippen molar-refractivity contribution >= 4 is 23.2 Å². The SMILES string of the molecule is C=C(Sc1ccc([N+](=O)[O-])cc1)C(=O)c1ccccc1. The number of thioether (sulfide) groups is 1. The van der Waals surface area contributed by atoms with Gasteiger partial charge in [-0.25, -0.2) is 0 Å². The zero-order valence-corrected chi connectivity index (χ0v) is 11.3. The maximum absolute atomic E-state index is 12.1. The van der Waals surface area contributed by atoms with Crippen LogP contribution >= 0.6 is 11.8 Å². The number of nitro groups is 1. The quantitative estimate of drug-likeness (QED) is 0.273. The average Bonchev–Trinajstić information content (AvgIpc) is 2.48. The van der Waals surface area contributed by atoms with Crippen molar-refractivity contribution in [2.24, 2.45) is 0 Å². The highest BCUT2D eigenvalue weighted by atomic mass is 32.2. The fourth-order valence-corrected chi connectivity index (χ4v) is 2.34. The number of non-ortho nitro benzene ring substituents is 1. The summed E-state index contributed by atoms with van der Waals surface area (Å²) in [6.45, 7) is 3.76. The lowest BCUT2D eigenvalue weighted by Gasteiger charge is -2.04. The molecule has 0 aliphatic heterocycles. The molecule has 0 N–H and O–H groups in total. The van der Waals surface area contributed by atoms with Crippen molar-refractivity contribution in [2.45, 2.75) is 4.90 Å². The van der Waals surface area contributed by atoms with Gasteiger partial charge in [0.05, 0.1) is 9.83 Å². The zero-order valence-electron chi connectivity index (χ0n) is 10.5. The van der Waals surface area contributed by atoms with Gasteiger partial charge >= 0.3 is 0 Å². The molecule has 0 amide bonds. The van der Waals surface area contributed by atoms with Gasteiger partial charge in [0.25, 0.3) is 5.69 Å². The zero-order chi connectivity index (χ0) is 14.5. The van der Waals surface area contributed by atoms with Crippen LogP contribution in [-0.2, 0) is 0 Å². The Morgan fingerprint density at radius 2 is 1.65 bits per heavy atom. The van der Waals surface area contributed by atoms with Gasteiger partial charge in [0.15, 0.2) is 5.78 Å². The second-order valence-electron chi connectivity index (χ2n) is 3.97. The summed E-state index contributed by atoms with van der Waals surface area (Å²) < 4.78 is 0. The van der Waals surface area contributed by atoms with Crippen molar-refractivity contribution in [3.8, 4) is 0 Å². The molecule has 100 valence electrons. The standard InChI is InChI=1S/C15H11NO3S/c1-11(15(17)12-5-3-2-4-6-12)20-14-9-7-13(8-10-14)16(18)19/h2-10H,1H2. The van der Waals surface area contributed by atoms with E-state index in [0.717, 1.165) is 4.90 Å². The lowest BCUT2D eigenvalue weighted by atomic mass is 10.1. The Morgan fingerprint density at radius 1 is 1.05 bits per heavy atom. The van der Waals surface area contributed by atoms with E-state index in [2.05, 4.69) is 6.58 Å². The van der Waals surface area contributed by atoms with E-state index in [9.17, 15) is 14.9 Å². The molecule has 0 saturated heterocycles. The van der Waals surface area contributed by atoms with Gasteiger partial charge in [0.2, 0.25) is 0 Å². The van der Waals surface area contributed by atoms with Gasteiger partial charge in [-0.2, -0.15) is 0 Å². The lowest BCUT2D eigenvalue weighted by molar-refractivity contribution is -0.384. The van der Waals surface area contributed by atoms with Crippen molar-refractivity contribution in [2.75, 3.05) is 0 Å². The van der Waals surface area contributed by atoms with Crippen molar-refractivity contribution in [1.82, 2.24) is 0 Å². The van der Waals surface area contributed by atoms with Crippen LogP contribution in [-0.4, -0.2) is 10.7 Å². The van der Waals surface area contributed by atoms with E-state index in [1.165, 1.54) is 23.9 Å². The van der Waals surface area contributed by atoms with E-state index in [-0.39, 0.29) is 11.5 Å². The molecule has 0 spiro atoms. The Hall–Kier alpha value is -2.40. The van der Waals surface area contributed by atoms with Crippen molar-refractivity contribution < 1.29 is 9.72 Å². The number of benzene rings is 2. The molecule has 0 fully saturated rings. The molecule has 0 aliphatic carbocycles. The van der Waals surface area contributed by atoms with Crippen molar-refractivity contribution in [3.05, 3.63) is 81.8 Å². The topological polar surface area (TPSA) is 60.2 Å². The number of nitrogens with zero attached hydrogens (tertiary/aromatic N) is 1. The van der Waals surface area contributed by atoms with E-state index < -0.39 is 4.92 Å². The van der Waals surface area contributed by atoms with E-state index in [0.29, 0.717) is 10.5 Å².